The van der Waals surface area contributed by atoms with E-state index in [2.05, 4.69) is 15.9 Å². The Hall–Kier alpha value is -0.550. The van der Waals surface area contributed by atoms with Crippen molar-refractivity contribution in [1.82, 2.24) is 0 Å². The summed E-state index contributed by atoms with van der Waals surface area (Å²) in [6.07, 6.45) is -4.32. The van der Waals surface area contributed by atoms with Crippen LogP contribution in [0.1, 0.15) is 37.8 Å². The van der Waals surface area contributed by atoms with Crippen LogP contribution in [0.5, 0.6) is 0 Å². The van der Waals surface area contributed by atoms with Crippen LogP contribution in [0.15, 0.2) is 22.7 Å². The molecule has 0 aliphatic carbocycles. The van der Waals surface area contributed by atoms with Crippen molar-refractivity contribution in [3.63, 3.8) is 0 Å². The number of benzene rings is 1. The molecule has 0 bridgehead atoms. The van der Waals surface area contributed by atoms with E-state index in [0.717, 1.165) is 17.7 Å². The minimum Gasteiger partial charge on any atom is -0.327 e. The van der Waals surface area contributed by atoms with Crippen LogP contribution in [0.2, 0.25) is 0 Å². The number of nitrogens with two attached hydrogens (primary N) is 1. The van der Waals surface area contributed by atoms with E-state index in [4.69, 9.17) is 5.73 Å². The van der Waals surface area contributed by atoms with Gasteiger partial charge in [-0.2, -0.15) is 13.2 Å². The summed E-state index contributed by atoms with van der Waals surface area (Å²) in [5.74, 6) is 0.291. The van der Waals surface area contributed by atoms with Crippen molar-refractivity contribution in [2.45, 2.75) is 38.9 Å². The van der Waals surface area contributed by atoms with Gasteiger partial charge in [-0.25, -0.2) is 0 Å². The second-order valence-corrected chi connectivity index (χ2v) is 5.72. The van der Waals surface area contributed by atoms with Crippen LogP contribution < -0.4 is 5.73 Å². The van der Waals surface area contributed by atoms with Gasteiger partial charge in [0.05, 0.1) is 5.56 Å². The SMILES string of the molecule is CC(C)C(c1ccc(C(F)(F)F)cc1Br)C(C)N. The molecule has 0 saturated heterocycles. The summed E-state index contributed by atoms with van der Waals surface area (Å²) in [7, 11) is 0. The Labute approximate surface area is 114 Å². The third-order valence-corrected chi connectivity index (χ3v) is 3.66. The van der Waals surface area contributed by atoms with E-state index in [-0.39, 0.29) is 17.9 Å². The Morgan fingerprint density at radius 3 is 2.06 bits per heavy atom. The molecule has 1 aromatic rings. The van der Waals surface area contributed by atoms with Gasteiger partial charge < -0.3 is 5.73 Å². The fourth-order valence-corrected chi connectivity index (χ4v) is 2.87. The molecular weight excluding hydrogens is 307 g/mol. The van der Waals surface area contributed by atoms with Gasteiger partial charge in [-0.15, -0.1) is 0 Å². The third-order valence-electron chi connectivity index (χ3n) is 2.97. The Morgan fingerprint density at radius 1 is 1.17 bits per heavy atom. The van der Waals surface area contributed by atoms with Gasteiger partial charge in [0.2, 0.25) is 0 Å². The molecular formula is C13H17BrF3N. The van der Waals surface area contributed by atoms with Gasteiger partial charge in [0.15, 0.2) is 0 Å². The second kappa shape index (κ2) is 5.61. The summed E-state index contributed by atoms with van der Waals surface area (Å²) in [5.41, 5.74) is 6.10. The van der Waals surface area contributed by atoms with Crippen LogP contribution in [0, 0.1) is 5.92 Å². The van der Waals surface area contributed by atoms with E-state index in [0.29, 0.717) is 4.47 Å². The Balaban J connectivity index is 3.20. The van der Waals surface area contributed by atoms with E-state index >= 15 is 0 Å². The van der Waals surface area contributed by atoms with Crippen LogP contribution in [0.3, 0.4) is 0 Å². The average molecular weight is 324 g/mol. The van der Waals surface area contributed by atoms with Gasteiger partial charge in [-0.05, 0) is 30.5 Å². The van der Waals surface area contributed by atoms with Gasteiger partial charge in [0, 0.05) is 16.4 Å². The molecule has 0 amide bonds. The maximum Gasteiger partial charge on any atom is 0.416 e. The number of hydrogen-bond acceptors (Lipinski definition) is 1. The van der Waals surface area contributed by atoms with E-state index in [1.165, 1.54) is 6.07 Å². The molecule has 0 radical (unpaired) electrons. The molecule has 0 heterocycles. The predicted octanol–water partition coefficient (Wildman–Crippen LogP) is 4.55. The molecule has 1 rings (SSSR count). The van der Waals surface area contributed by atoms with Crippen molar-refractivity contribution in [2.75, 3.05) is 0 Å². The van der Waals surface area contributed by atoms with Crippen LogP contribution in [-0.4, -0.2) is 6.04 Å². The van der Waals surface area contributed by atoms with Crippen molar-refractivity contribution < 1.29 is 13.2 Å². The maximum atomic E-state index is 12.6. The van der Waals surface area contributed by atoms with E-state index < -0.39 is 11.7 Å². The molecule has 2 atom stereocenters. The summed E-state index contributed by atoms with van der Waals surface area (Å²) in [6, 6.07) is 3.63. The highest BCUT2D eigenvalue weighted by molar-refractivity contribution is 9.10. The minimum absolute atomic E-state index is 0.0293. The molecule has 2 unspecified atom stereocenters. The van der Waals surface area contributed by atoms with Crippen LogP contribution in [0.25, 0.3) is 0 Å². The number of hydrogen-bond donors (Lipinski definition) is 1. The molecule has 0 aliphatic rings. The highest BCUT2D eigenvalue weighted by Gasteiger charge is 2.32. The maximum absolute atomic E-state index is 12.6. The first-order valence-corrected chi connectivity index (χ1v) is 6.56. The molecule has 18 heavy (non-hydrogen) atoms. The lowest BCUT2D eigenvalue weighted by Crippen LogP contribution is -2.28. The monoisotopic (exact) mass is 323 g/mol. The van der Waals surface area contributed by atoms with Crippen molar-refractivity contribution in [1.29, 1.82) is 0 Å². The Morgan fingerprint density at radius 2 is 1.72 bits per heavy atom. The lowest BCUT2D eigenvalue weighted by Gasteiger charge is -2.26. The largest absolute Gasteiger partial charge is 0.416 e. The first-order valence-electron chi connectivity index (χ1n) is 5.76. The zero-order valence-corrected chi connectivity index (χ0v) is 12.1. The van der Waals surface area contributed by atoms with Crippen molar-refractivity contribution in [2.24, 2.45) is 11.7 Å². The van der Waals surface area contributed by atoms with Crippen molar-refractivity contribution in [3.05, 3.63) is 33.8 Å². The standard InChI is InChI=1S/C13H17BrF3N/c1-7(2)12(8(3)18)10-5-4-9(6-11(10)14)13(15,16)17/h4-8,12H,18H2,1-3H3. The number of halogens is 4. The topological polar surface area (TPSA) is 26.0 Å². The summed E-state index contributed by atoms with van der Waals surface area (Å²) in [6.45, 7) is 5.89. The number of alkyl halides is 3. The number of rotatable bonds is 3. The molecule has 0 spiro atoms. The van der Waals surface area contributed by atoms with Gasteiger partial charge in [-0.1, -0.05) is 35.8 Å². The molecule has 0 saturated carbocycles. The normalized spacial score (nSPS) is 15.8. The zero-order chi connectivity index (χ0) is 14.1. The highest BCUT2D eigenvalue weighted by Crippen LogP contribution is 2.37. The highest BCUT2D eigenvalue weighted by atomic mass is 79.9. The third kappa shape index (κ3) is 3.48. The Bertz CT molecular complexity index is 405. The summed E-state index contributed by atoms with van der Waals surface area (Å²) in [4.78, 5) is 0. The summed E-state index contributed by atoms with van der Waals surface area (Å²) >= 11 is 3.22. The van der Waals surface area contributed by atoms with Crippen molar-refractivity contribution in [3.8, 4) is 0 Å². The van der Waals surface area contributed by atoms with E-state index in [9.17, 15) is 13.2 Å². The van der Waals surface area contributed by atoms with Crippen molar-refractivity contribution >= 4 is 15.9 Å². The molecule has 0 aliphatic heterocycles. The van der Waals surface area contributed by atoms with Crippen LogP contribution >= 0.6 is 15.9 Å². The predicted molar refractivity (Wildman–Crippen MR) is 70.4 cm³/mol. The Kier molecular flexibility index (Phi) is 4.84. The quantitative estimate of drug-likeness (QED) is 0.867. The average Bonchev–Trinajstić information content (AvgIpc) is 2.18. The zero-order valence-electron chi connectivity index (χ0n) is 10.6. The molecule has 0 aromatic heterocycles. The van der Waals surface area contributed by atoms with Gasteiger partial charge in [0.1, 0.15) is 0 Å². The molecule has 2 N–H and O–H groups in total. The smallest absolute Gasteiger partial charge is 0.327 e. The molecule has 5 heteroatoms. The van der Waals surface area contributed by atoms with Gasteiger partial charge in [0.25, 0.3) is 0 Å². The van der Waals surface area contributed by atoms with Gasteiger partial charge >= 0.3 is 6.18 Å². The first-order chi connectivity index (χ1) is 8.14. The molecule has 102 valence electrons. The van der Waals surface area contributed by atoms with Crippen LogP contribution in [0.4, 0.5) is 13.2 Å². The second-order valence-electron chi connectivity index (χ2n) is 4.86. The summed E-state index contributed by atoms with van der Waals surface area (Å²) in [5, 5.41) is 0. The molecule has 1 aromatic carbocycles. The van der Waals surface area contributed by atoms with Gasteiger partial charge in [-0.3, -0.25) is 0 Å². The molecule has 0 fully saturated rings. The minimum atomic E-state index is -4.32. The lowest BCUT2D eigenvalue weighted by atomic mass is 9.83. The van der Waals surface area contributed by atoms with E-state index in [1.807, 2.05) is 20.8 Å². The fourth-order valence-electron chi connectivity index (χ4n) is 2.22. The fraction of sp³-hybridized carbons (Fsp3) is 0.538. The molecule has 1 nitrogen and oxygen atoms in total. The van der Waals surface area contributed by atoms with Crippen LogP contribution in [-0.2, 0) is 6.18 Å². The summed E-state index contributed by atoms with van der Waals surface area (Å²) < 4.78 is 38.2. The van der Waals surface area contributed by atoms with E-state index in [1.54, 1.807) is 0 Å². The lowest BCUT2D eigenvalue weighted by molar-refractivity contribution is -0.137. The first kappa shape index (κ1) is 15.5.